The van der Waals surface area contributed by atoms with Gasteiger partial charge in [-0.2, -0.15) is 13.2 Å². The van der Waals surface area contributed by atoms with Gasteiger partial charge in [0.1, 0.15) is 11.4 Å². The zero-order valence-corrected chi connectivity index (χ0v) is 13.5. The van der Waals surface area contributed by atoms with Crippen LogP contribution in [0.1, 0.15) is 28.3 Å². The van der Waals surface area contributed by atoms with Crippen molar-refractivity contribution in [3.63, 3.8) is 0 Å². The third-order valence-corrected chi connectivity index (χ3v) is 4.06. The second-order valence-corrected chi connectivity index (χ2v) is 5.80. The predicted molar refractivity (Wildman–Crippen MR) is 83.4 cm³/mol. The first-order valence-corrected chi connectivity index (χ1v) is 7.49. The zero-order valence-electron chi connectivity index (χ0n) is 13.5. The normalized spacial score (nSPS) is 12.0. The number of aryl methyl sites for hydroxylation is 1. The molecule has 0 saturated heterocycles. The van der Waals surface area contributed by atoms with E-state index in [4.69, 9.17) is 9.52 Å². The lowest BCUT2D eigenvalue weighted by atomic mass is 10.1. The number of rotatable bonds is 4. The molecular formula is C17H15F3N2O3. The number of carbonyl (C=O) groups is 1. The molecule has 0 fully saturated rings. The third-order valence-electron chi connectivity index (χ3n) is 4.06. The Kier molecular flexibility index (Phi) is 4.06. The fraction of sp³-hybridized carbons (Fsp3) is 0.294. The second-order valence-electron chi connectivity index (χ2n) is 5.80. The maximum absolute atomic E-state index is 13.2. The van der Waals surface area contributed by atoms with Crippen molar-refractivity contribution in [2.24, 2.45) is 0 Å². The molecule has 0 spiro atoms. The van der Waals surface area contributed by atoms with E-state index < -0.39 is 17.9 Å². The van der Waals surface area contributed by atoms with Crippen LogP contribution in [0, 0.1) is 13.8 Å². The molecule has 0 radical (unpaired) electrons. The average molecular weight is 352 g/mol. The first-order chi connectivity index (χ1) is 11.7. The van der Waals surface area contributed by atoms with E-state index in [1.807, 2.05) is 0 Å². The van der Waals surface area contributed by atoms with Gasteiger partial charge >= 0.3 is 12.1 Å². The SMILES string of the molecule is Cc1cc(Cn2c(C)c(CC(=O)O)c3cccnc32)c(C(F)(F)F)o1. The van der Waals surface area contributed by atoms with E-state index >= 15 is 0 Å². The van der Waals surface area contributed by atoms with Crippen molar-refractivity contribution in [3.05, 3.63) is 52.7 Å². The maximum atomic E-state index is 13.2. The fourth-order valence-corrected chi connectivity index (χ4v) is 3.03. The molecule has 0 bridgehead atoms. The van der Waals surface area contributed by atoms with Gasteiger partial charge in [-0.3, -0.25) is 4.79 Å². The molecule has 0 unspecified atom stereocenters. The molecule has 0 aliphatic carbocycles. The van der Waals surface area contributed by atoms with E-state index in [1.54, 1.807) is 23.6 Å². The number of halogens is 3. The number of fused-ring (bicyclic) bond motifs is 1. The number of carboxylic acids is 1. The van der Waals surface area contributed by atoms with Gasteiger partial charge in [-0.25, -0.2) is 4.98 Å². The van der Waals surface area contributed by atoms with Crippen molar-refractivity contribution in [2.45, 2.75) is 33.0 Å². The molecule has 25 heavy (non-hydrogen) atoms. The zero-order chi connectivity index (χ0) is 18.4. The molecule has 3 aromatic heterocycles. The Morgan fingerprint density at radius 1 is 1.36 bits per heavy atom. The van der Waals surface area contributed by atoms with Crippen LogP contribution in [0.4, 0.5) is 13.2 Å². The molecule has 0 aliphatic rings. The monoisotopic (exact) mass is 352 g/mol. The highest BCUT2D eigenvalue weighted by Gasteiger charge is 2.38. The Labute approximate surface area is 140 Å². The lowest BCUT2D eigenvalue weighted by Crippen LogP contribution is -2.11. The second kappa shape index (κ2) is 5.94. The number of hydrogen-bond acceptors (Lipinski definition) is 3. The predicted octanol–water partition coefficient (Wildman–Crippen LogP) is 3.94. The summed E-state index contributed by atoms with van der Waals surface area (Å²) in [6, 6.07) is 4.73. The molecule has 3 heterocycles. The molecule has 3 rings (SSSR count). The van der Waals surface area contributed by atoms with Gasteiger partial charge in [0.25, 0.3) is 0 Å². The van der Waals surface area contributed by atoms with Crippen LogP contribution in [0.15, 0.2) is 28.8 Å². The highest BCUT2D eigenvalue weighted by molar-refractivity contribution is 5.86. The Morgan fingerprint density at radius 3 is 2.72 bits per heavy atom. The van der Waals surface area contributed by atoms with Crippen LogP contribution >= 0.6 is 0 Å². The molecule has 5 nitrogen and oxygen atoms in total. The van der Waals surface area contributed by atoms with Crippen LogP contribution < -0.4 is 0 Å². The minimum atomic E-state index is -4.60. The molecule has 8 heteroatoms. The van der Waals surface area contributed by atoms with Gasteiger partial charge in [0, 0.05) is 22.8 Å². The summed E-state index contributed by atoms with van der Waals surface area (Å²) in [6.07, 6.45) is -3.30. The molecule has 132 valence electrons. The summed E-state index contributed by atoms with van der Waals surface area (Å²) in [5, 5.41) is 9.73. The Hall–Kier alpha value is -2.77. The van der Waals surface area contributed by atoms with Crippen LogP contribution in [0.3, 0.4) is 0 Å². The summed E-state index contributed by atoms with van der Waals surface area (Å²) in [5.74, 6) is -1.89. The Morgan fingerprint density at radius 2 is 2.08 bits per heavy atom. The minimum Gasteiger partial charge on any atom is -0.481 e. The summed E-state index contributed by atoms with van der Waals surface area (Å²) >= 11 is 0. The fourth-order valence-electron chi connectivity index (χ4n) is 3.03. The standard InChI is InChI=1S/C17H15F3N2O3/c1-9-6-11(15(25-9)17(18,19)20)8-22-10(2)13(7-14(23)24)12-4-3-5-21-16(12)22/h3-6H,7-8H2,1-2H3,(H,23,24). The summed E-state index contributed by atoms with van der Waals surface area (Å²) < 4.78 is 45.9. The van der Waals surface area contributed by atoms with Gasteiger partial charge in [-0.1, -0.05) is 0 Å². The lowest BCUT2D eigenvalue weighted by Gasteiger charge is -2.10. The molecule has 3 aromatic rings. The van der Waals surface area contributed by atoms with E-state index in [1.165, 1.54) is 19.2 Å². The number of nitrogens with zero attached hydrogens (tertiary/aromatic N) is 2. The van der Waals surface area contributed by atoms with Gasteiger partial charge in [0.2, 0.25) is 5.76 Å². The molecule has 1 N–H and O–H groups in total. The number of aromatic nitrogens is 2. The van der Waals surface area contributed by atoms with Gasteiger partial charge in [0.15, 0.2) is 0 Å². The van der Waals surface area contributed by atoms with Crippen molar-refractivity contribution >= 4 is 17.0 Å². The van der Waals surface area contributed by atoms with Gasteiger partial charge in [-0.05, 0) is 37.6 Å². The summed E-state index contributed by atoms with van der Waals surface area (Å²) in [7, 11) is 0. The molecule has 0 aliphatic heterocycles. The van der Waals surface area contributed by atoms with Gasteiger partial charge < -0.3 is 14.1 Å². The smallest absolute Gasteiger partial charge is 0.449 e. The van der Waals surface area contributed by atoms with Crippen molar-refractivity contribution in [3.8, 4) is 0 Å². The molecule has 0 aromatic carbocycles. The summed E-state index contributed by atoms with van der Waals surface area (Å²) in [5.41, 5.74) is 1.55. The van der Waals surface area contributed by atoms with Crippen molar-refractivity contribution in [1.29, 1.82) is 0 Å². The highest BCUT2D eigenvalue weighted by Crippen LogP contribution is 2.35. The lowest BCUT2D eigenvalue weighted by molar-refractivity contribution is -0.154. The van der Waals surface area contributed by atoms with E-state index in [2.05, 4.69) is 4.98 Å². The first-order valence-electron chi connectivity index (χ1n) is 7.49. The largest absolute Gasteiger partial charge is 0.481 e. The first kappa shape index (κ1) is 17.1. The van der Waals surface area contributed by atoms with Crippen LogP contribution in [-0.2, 0) is 23.9 Å². The van der Waals surface area contributed by atoms with Crippen LogP contribution in [0.25, 0.3) is 11.0 Å². The number of aliphatic carboxylic acids is 1. The quantitative estimate of drug-likeness (QED) is 0.772. The number of hydrogen-bond donors (Lipinski definition) is 1. The number of carboxylic acid groups (broad SMARTS) is 1. The number of furan rings is 1. The van der Waals surface area contributed by atoms with E-state index in [9.17, 15) is 18.0 Å². The van der Waals surface area contributed by atoms with Gasteiger partial charge in [-0.15, -0.1) is 0 Å². The molecule has 0 amide bonds. The summed E-state index contributed by atoms with van der Waals surface area (Å²) in [6.45, 7) is 3.03. The highest BCUT2D eigenvalue weighted by atomic mass is 19.4. The summed E-state index contributed by atoms with van der Waals surface area (Å²) in [4.78, 5) is 15.4. The average Bonchev–Trinajstić information content (AvgIpc) is 3.01. The van der Waals surface area contributed by atoms with E-state index in [-0.39, 0.29) is 24.3 Å². The maximum Gasteiger partial charge on any atom is 0.449 e. The Balaban J connectivity index is 2.15. The number of alkyl halides is 3. The van der Waals surface area contributed by atoms with Crippen LogP contribution in [-0.4, -0.2) is 20.6 Å². The van der Waals surface area contributed by atoms with Crippen LogP contribution in [0.2, 0.25) is 0 Å². The van der Waals surface area contributed by atoms with E-state index in [0.717, 1.165) is 0 Å². The molecule has 0 saturated carbocycles. The number of pyridine rings is 1. The molecule has 0 atom stereocenters. The van der Waals surface area contributed by atoms with Gasteiger partial charge in [0.05, 0.1) is 13.0 Å². The molecular weight excluding hydrogens is 337 g/mol. The van der Waals surface area contributed by atoms with Crippen molar-refractivity contribution in [2.75, 3.05) is 0 Å². The Bertz CT molecular complexity index is 954. The van der Waals surface area contributed by atoms with Crippen LogP contribution in [0.5, 0.6) is 0 Å². The topological polar surface area (TPSA) is 68.3 Å². The van der Waals surface area contributed by atoms with E-state index in [0.29, 0.717) is 22.3 Å². The minimum absolute atomic E-state index is 0.0162. The van der Waals surface area contributed by atoms with Crippen molar-refractivity contribution in [1.82, 2.24) is 9.55 Å². The van der Waals surface area contributed by atoms with Crippen molar-refractivity contribution < 1.29 is 27.5 Å². The third kappa shape index (κ3) is 3.11.